The lowest BCUT2D eigenvalue weighted by atomic mass is 10.1. The highest BCUT2D eigenvalue weighted by Crippen LogP contribution is 2.20. The Hall–Kier alpha value is -2.45. The van der Waals surface area contributed by atoms with E-state index in [-0.39, 0.29) is 30.1 Å². The summed E-state index contributed by atoms with van der Waals surface area (Å²) in [6.07, 6.45) is 0. The van der Waals surface area contributed by atoms with Crippen LogP contribution < -0.4 is 10.1 Å². The van der Waals surface area contributed by atoms with Gasteiger partial charge in [-0.2, -0.15) is 4.31 Å². The first-order chi connectivity index (χ1) is 12.8. The summed E-state index contributed by atoms with van der Waals surface area (Å²) in [6.45, 7) is 4.11. The molecule has 2 rings (SSSR count). The Morgan fingerprint density at radius 2 is 1.81 bits per heavy atom. The average molecular weight is 394 g/mol. The van der Waals surface area contributed by atoms with Crippen molar-refractivity contribution >= 4 is 15.9 Å². The van der Waals surface area contributed by atoms with Crippen molar-refractivity contribution in [1.29, 1.82) is 0 Å². The summed E-state index contributed by atoms with van der Waals surface area (Å²) in [5.74, 6) is -0.892. The quantitative estimate of drug-likeness (QED) is 0.747. The molecule has 27 heavy (non-hydrogen) atoms. The number of methoxy groups -OCH3 is 1. The van der Waals surface area contributed by atoms with Gasteiger partial charge in [-0.15, -0.1) is 0 Å². The number of rotatable bonds is 8. The van der Waals surface area contributed by atoms with E-state index in [0.29, 0.717) is 5.75 Å². The number of sulfonamides is 1. The monoisotopic (exact) mass is 394 g/mol. The number of halogens is 1. The van der Waals surface area contributed by atoms with E-state index >= 15 is 0 Å². The predicted octanol–water partition coefficient (Wildman–Crippen LogP) is 2.79. The highest BCUT2D eigenvalue weighted by molar-refractivity contribution is 7.89. The summed E-state index contributed by atoms with van der Waals surface area (Å²) < 4.78 is 45.8. The fourth-order valence-corrected chi connectivity index (χ4v) is 4.16. The van der Waals surface area contributed by atoms with Crippen LogP contribution in [-0.4, -0.2) is 38.8 Å². The first-order valence-corrected chi connectivity index (χ1v) is 9.98. The van der Waals surface area contributed by atoms with E-state index in [0.717, 1.165) is 17.7 Å². The molecule has 0 unspecified atom stereocenters. The number of ether oxygens (including phenoxy) is 1. The molecule has 0 aliphatic heterocycles. The second-order valence-corrected chi connectivity index (χ2v) is 7.66. The predicted molar refractivity (Wildman–Crippen MR) is 101 cm³/mol. The van der Waals surface area contributed by atoms with Crippen LogP contribution in [0.15, 0.2) is 47.4 Å². The summed E-state index contributed by atoms with van der Waals surface area (Å²) in [5.41, 5.74) is 0.402. The summed E-state index contributed by atoms with van der Waals surface area (Å²) >= 11 is 0. The first-order valence-electron chi connectivity index (χ1n) is 8.54. The molecule has 0 aliphatic rings. The van der Waals surface area contributed by atoms with Gasteiger partial charge in [0.1, 0.15) is 11.6 Å². The Labute approximate surface area is 159 Å². The molecule has 0 aliphatic carbocycles. The lowest BCUT2D eigenvalue weighted by Gasteiger charge is -2.19. The van der Waals surface area contributed by atoms with Gasteiger partial charge >= 0.3 is 0 Å². The van der Waals surface area contributed by atoms with E-state index in [2.05, 4.69) is 5.32 Å². The fraction of sp³-hybridized carbons (Fsp3) is 0.316. The number of benzene rings is 2. The fourth-order valence-electron chi connectivity index (χ4n) is 2.67. The molecule has 0 saturated carbocycles. The maximum Gasteiger partial charge on any atom is 0.254 e. The summed E-state index contributed by atoms with van der Waals surface area (Å²) in [5, 5.41) is 2.60. The molecule has 0 spiro atoms. The first kappa shape index (κ1) is 20.9. The number of carbonyl (C=O) groups is 1. The second-order valence-electron chi connectivity index (χ2n) is 5.73. The van der Waals surface area contributed by atoms with E-state index in [9.17, 15) is 17.6 Å². The lowest BCUT2D eigenvalue weighted by molar-refractivity contribution is 0.0946. The molecule has 0 atom stereocenters. The Morgan fingerprint density at radius 3 is 2.44 bits per heavy atom. The smallest absolute Gasteiger partial charge is 0.254 e. The maximum absolute atomic E-state index is 14.2. The number of nitrogens with zero attached hydrogens (tertiary/aromatic N) is 1. The average Bonchev–Trinajstić information content (AvgIpc) is 2.67. The molecular weight excluding hydrogens is 371 g/mol. The third-order valence-corrected chi connectivity index (χ3v) is 6.20. The molecular formula is C19H23FN2O4S. The number of nitrogens with one attached hydrogen (secondary N) is 1. The number of hydrogen-bond donors (Lipinski definition) is 1. The van der Waals surface area contributed by atoms with Gasteiger partial charge < -0.3 is 10.1 Å². The third-order valence-electron chi connectivity index (χ3n) is 4.16. The molecule has 2 aromatic carbocycles. The molecule has 0 fully saturated rings. The van der Waals surface area contributed by atoms with Gasteiger partial charge in [-0.05, 0) is 24.3 Å². The van der Waals surface area contributed by atoms with Gasteiger partial charge in [0.15, 0.2) is 0 Å². The van der Waals surface area contributed by atoms with Crippen molar-refractivity contribution in [1.82, 2.24) is 9.62 Å². The van der Waals surface area contributed by atoms with E-state index in [1.165, 1.54) is 17.5 Å². The highest BCUT2D eigenvalue weighted by Gasteiger charge is 2.24. The van der Waals surface area contributed by atoms with Gasteiger partial charge in [-0.3, -0.25) is 4.79 Å². The van der Waals surface area contributed by atoms with Crippen LogP contribution in [0.25, 0.3) is 0 Å². The molecule has 0 aromatic heterocycles. The Bertz CT molecular complexity index is 912. The molecule has 8 heteroatoms. The topological polar surface area (TPSA) is 75.7 Å². The minimum atomic E-state index is -3.79. The van der Waals surface area contributed by atoms with Crippen molar-refractivity contribution in [3.05, 3.63) is 59.4 Å². The number of para-hydroxylation sites is 1. The van der Waals surface area contributed by atoms with Gasteiger partial charge in [-0.25, -0.2) is 12.8 Å². The van der Waals surface area contributed by atoms with Crippen LogP contribution >= 0.6 is 0 Å². The van der Waals surface area contributed by atoms with Gasteiger partial charge in [0.05, 0.1) is 17.6 Å². The van der Waals surface area contributed by atoms with Crippen LogP contribution in [0.2, 0.25) is 0 Å². The SMILES string of the molecule is CCN(CC)S(=O)(=O)c1ccc(F)c(C(=O)NCc2ccccc2OC)c1. The zero-order valence-corrected chi connectivity index (χ0v) is 16.3. The Morgan fingerprint density at radius 1 is 1.15 bits per heavy atom. The molecule has 146 valence electrons. The second kappa shape index (κ2) is 8.96. The Balaban J connectivity index is 2.26. The highest BCUT2D eigenvalue weighted by atomic mass is 32.2. The van der Waals surface area contributed by atoms with Crippen LogP contribution in [0, 0.1) is 5.82 Å². The van der Waals surface area contributed by atoms with Crippen LogP contribution in [0.4, 0.5) is 4.39 Å². The maximum atomic E-state index is 14.2. The van der Waals surface area contributed by atoms with Crippen molar-refractivity contribution < 1.29 is 22.3 Å². The molecule has 0 heterocycles. The number of amides is 1. The minimum Gasteiger partial charge on any atom is -0.496 e. The molecule has 6 nitrogen and oxygen atoms in total. The van der Waals surface area contributed by atoms with Gasteiger partial charge in [0.2, 0.25) is 10.0 Å². The molecule has 2 aromatic rings. The van der Waals surface area contributed by atoms with E-state index in [4.69, 9.17) is 4.74 Å². The number of hydrogen-bond acceptors (Lipinski definition) is 4. The number of carbonyl (C=O) groups excluding carboxylic acids is 1. The molecule has 1 amide bonds. The minimum absolute atomic E-state index is 0.116. The summed E-state index contributed by atoms with van der Waals surface area (Å²) in [7, 11) is -2.27. The van der Waals surface area contributed by atoms with Crippen molar-refractivity contribution in [2.45, 2.75) is 25.3 Å². The van der Waals surface area contributed by atoms with E-state index in [1.54, 1.807) is 38.1 Å². The summed E-state index contributed by atoms with van der Waals surface area (Å²) in [6, 6.07) is 10.3. The third kappa shape index (κ3) is 4.64. The molecule has 0 saturated heterocycles. The zero-order chi connectivity index (χ0) is 20.0. The Kier molecular flexibility index (Phi) is 6.92. The van der Waals surface area contributed by atoms with E-state index in [1.807, 2.05) is 0 Å². The molecule has 0 radical (unpaired) electrons. The van der Waals surface area contributed by atoms with Crippen molar-refractivity contribution in [2.24, 2.45) is 0 Å². The van der Waals surface area contributed by atoms with Crippen molar-refractivity contribution in [3.63, 3.8) is 0 Å². The van der Waals surface area contributed by atoms with Crippen molar-refractivity contribution in [2.75, 3.05) is 20.2 Å². The van der Waals surface area contributed by atoms with Crippen LogP contribution in [0.3, 0.4) is 0 Å². The zero-order valence-electron chi connectivity index (χ0n) is 15.5. The standard InChI is InChI=1S/C19H23FN2O4S/c1-4-22(5-2)27(24,25)15-10-11-17(20)16(12-15)19(23)21-13-14-8-6-7-9-18(14)26-3/h6-12H,4-5,13H2,1-3H3,(H,21,23). The van der Waals surface area contributed by atoms with Gasteiger partial charge in [0, 0.05) is 25.2 Å². The van der Waals surface area contributed by atoms with Gasteiger partial charge in [-0.1, -0.05) is 32.0 Å². The molecule has 1 N–H and O–H groups in total. The van der Waals surface area contributed by atoms with Crippen molar-refractivity contribution in [3.8, 4) is 5.75 Å². The molecule has 0 bridgehead atoms. The van der Waals surface area contributed by atoms with Crippen LogP contribution in [-0.2, 0) is 16.6 Å². The van der Waals surface area contributed by atoms with E-state index < -0.39 is 21.7 Å². The normalized spacial score (nSPS) is 11.4. The van der Waals surface area contributed by atoms with Gasteiger partial charge in [0.25, 0.3) is 5.91 Å². The van der Waals surface area contributed by atoms with Crippen LogP contribution in [0.5, 0.6) is 5.75 Å². The van der Waals surface area contributed by atoms with Crippen LogP contribution in [0.1, 0.15) is 29.8 Å². The lowest BCUT2D eigenvalue weighted by Crippen LogP contribution is -2.31. The summed E-state index contributed by atoms with van der Waals surface area (Å²) in [4.78, 5) is 12.3. The largest absolute Gasteiger partial charge is 0.496 e.